The molecule has 3 aromatic rings. The second kappa shape index (κ2) is 11.3. The van der Waals surface area contributed by atoms with Gasteiger partial charge >= 0.3 is 0 Å². The van der Waals surface area contributed by atoms with Crippen molar-refractivity contribution in [1.82, 2.24) is 8.61 Å². The van der Waals surface area contributed by atoms with E-state index in [9.17, 15) is 16.8 Å². The van der Waals surface area contributed by atoms with Crippen molar-refractivity contribution in [1.29, 1.82) is 0 Å². The average Bonchev–Trinajstić information content (AvgIpc) is 3.45. The van der Waals surface area contributed by atoms with E-state index in [0.717, 1.165) is 35.2 Å². The number of allylic oxidation sites excluding steroid dienone is 1. The Morgan fingerprint density at radius 2 is 1.51 bits per heavy atom. The van der Waals surface area contributed by atoms with Crippen LogP contribution in [-0.2, 0) is 25.5 Å². The number of unbranched alkanes of at least 4 members (excludes halogenated alkanes) is 1. The first kappa shape index (κ1) is 29.4. The number of hydrogen-bond donors (Lipinski definition) is 0. The average molecular weight is 594 g/mol. The van der Waals surface area contributed by atoms with E-state index in [0.29, 0.717) is 25.9 Å². The van der Waals surface area contributed by atoms with Gasteiger partial charge in [0.15, 0.2) is 0 Å². The van der Waals surface area contributed by atoms with E-state index < -0.39 is 31.6 Å². The molecule has 0 radical (unpaired) electrons. The molecule has 2 aliphatic heterocycles. The van der Waals surface area contributed by atoms with E-state index >= 15 is 0 Å². The number of nitrogens with zero attached hydrogens (tertiary/aromatic N) is 3. The zero-order valence-electron chi connectivity index (χ0n) is 24.2. The lowest BCUT2D eigenvalue weighted by Gasteiger charge is -2.35. The van der Waals surface area contributed by atoms with E-state index in [4.69, 9.17) is 0 Å². The summed E-state index contributed by atoms with van der Waals surface area (Å²) in [6, 6.07) is 22.0. The van der Waals surface area contributed by atoms with Crippen molar-refractivity contribution in [2.75, 3.05) is 25.0 Å². The summed E-state index contributed by atoms with van der Waals surface area (Å²) >= 11 is 0. The van der Waals surface area contributed by atoms with Crippen LogP contribution in [0.15, 0.2) is 94.9 Å². The fourth-order valence-electron chi connectivity index (χ4n) is 6.24. The molecule has 5 rings (SSSR count). The molecule has 9 heteroatoms. The van der Waals surface area contributed by atoms with Crippen LogP contribution in [-0.4, -0.2) is 51.7 Å². The number of sulfonamides is 2. The van der Waals surface area contributed by atoms with Crippen molar-refractivity contribution >= 4 is 25.7 Å². The monoisotopic (exact) mass is 593 g/mol. The molecule has 41 heavy (non-hydrogen) atoms. The molecule has 0 unspecified atom stereocenters. The predicted octanol–water partition coefficient (Wildman–Crippen LogP) is 5.81. The van der Waals surface area contributed by atoms with Crippen LogP contribution in [0.4, 0.5) is 5.69 Å². The van der Waals surface area contributed by atoms with E-state index in [1.807, 2.05) is 76.4 Å². The number of hydrogen-bond acceptors (Lipinski definition) is 5. The van der Waals surface area contributed by atoms with E-state index in [1.165, 1.54) is 4.31 Å². The number of para-hydroxylation sites is 1. The van der Waals surface area contributed by atoms with Gasteiger partial charge in [-0.3, -0.25) is 4.31 Å². The zero-order chi connectivity index (χ0) is 29.4. The van der Waals surface area contributed by atoms with Crippen molar-refractivity contribution < 1.29 is 16.8 Å². The Labute approximate surface area is 245 Å². The lowest BCUT2D eigenvalue weighted by Crippen LogP contribution is -2.50. The molecule has 0 spiro atoms. The van der Waals surface area contributed by atoms with Gasteiger partial charge in [0.2, 0.25) is 10.0 Å². The molecule has 2 aliphatic rings. The Morgan fingerprint density at radius 3 is 2.15 bits per heavy atom. The third-order valence-electron chi connectivity index (χ3n) is 8.47. The molecule has 3 aromatic carbocycles. The topological polar surface area (TPSA) is 78.0 Å². The first-order valence-corrected chi connectivity index (χ1v) is 17.1. The maximum atomic E-state index is 13.9. The highest BCUT2D eigenvalue weighted by Crippen LogP contribution is 2.54. The number of aryl methyl sites for hydroxylation is 2. The Kier molecular flexibility index (Phi) is 8.07. The summed E-state index contributed by atoms with van der Waals surface area (Å²) in [5, 5.41) is 0. The summed E-state index contributed by atoms with van der Waals surface area (Å²) in [6.45, 7) is 6.67. The second-order valence-electron chi connectivity index (χ2n) is 11.2. The van der Waals surface area contributed by atoms with Gasteiger partial charge < -0.3 is 4.90 Å². The van der Waals surface area contributed by atoms with Crippen molar-refractivity contribution in [3.63, 3.8) is 0 Å². The fourth-order valence-corrected chi connectivity index (χ4v) is 9.29. The third kappa shape index (κ3) is 5.19. The maximum absolute atomic E-state index is 13.9. The van der Waals surface area contributed by atoms with E-state index in [2.05, 4.69) is 11.0 Å². The van der Waals surface area contributed by atoms with Gasteiger partial charge in [0.1, 0.15) is 6.17 Å². The minimum atomic E-state index is -3.75. The summed E-state index contributed by atoms with van der Waals surface area (Å²) in [6.07, 6.45) is 5.93. The molecule has 0 aliphatic carbocycles. The van der Waals surface area contributed by atoms with Crippen molar-refractivity contribution in [2.24, 2.45) is 0 Å². The molecule has 1 saturated heterocycles. The van der Waals surface area contributed by atoms with Gasteiger partial charge in [-0.2, -0.15) is 4.31 Å². The number of anilines is 1. The fraction of sp³-hybridized carbons (Fsp3) is 0.375. The summed E-state index contributed by atoms with van der Waals surface area (Å²) in [5.74, 6) is 0. The molecule has 0 bridgehead atoms. The Hall–Kier alpha value is -3.14. The highest BCUT2D eigenvalue weighted by atomic mass is 32.2. The summed E-state index contributed by atoms with van der Waals surface area (Å²) in [5.41, 5.74) is 3.59. The van der Waals surface area contributed by atoms with Crippen molar-refractivity contribution in [3.8, 4) is 0 Å². The highest BCUT2D eigenvalue weighted by molar-refractivity contribution is 7.89. The summed E-state index contributed by atoms with van der Waals surface area (Å²) < 4.78 is 58.1. The van der Waals surface area contributed by atoms with E-state index in [1.54, 1.807) is 34.8 Å². The van der Waals surface area contributed by atoms with Crippen LogP contribution < -0.4 is 4.90 Å². The van der Waals surface area contributed by atoms with Crippen LogP contribution >= 0.6 is 0 Å². The normalized spacial score (nSPS) is 20.9. The van der Waals surface area contributed by atoms with Gasteiger partial charge in [-0.05, 0) is 69.0 Å². The molecule has 0 amide bonds. The zero-order valence-corrected chi connectivity index (χ0v) is 25.8. The van der Waals surface area contributed by atoms with Gasteiger partial charge in [0, 0.05) is 37.4 Å². The quantitative estimate of drug-likeness (QED) is 0.297. The van der Waals surface area contributed by atoms with Crippen molar-refractivity contribution in [3.05, 3.63) is 102 Å². The maximum Gasteiger partial charge on any atom is 0.263 e. The Morgan fingerprint density at radius 1 is 0.902 bits per heavy atom. The van der Waals surface area contributed by atoms with Crippen LogP contribution in [0.3, 0.4) is 0 Å². The van der Waals surface area contributed by atoms with E-state index in [-0.39, 0.29) is 9.79 Å². The van der Waals surface area contributed by atoms with Gasteiger partial charge in [0.25, 0.3) is 10.0 Å². The smallest absolute Gasteiger partial charge is 0.263 e. The standard InChI is InChI=1S/C32H39N3O4S2/c1-5-6-22-34(40(36,37)27-16-12-25(2)13-17-27)23-9-20-32-21-24-35(41(38,39)28-18-14-26(3)15-19-28)31(32)33(4)30-11-8-7-10-29(30)32/h7-19,23,31H,5-6,20-22,24H2,1-4H3/b23-9+/t31-,32-/m0/s1. The molecule has 218 valence electrons. The lowest BCUT2D eigenvalue weighted by molar-refractivity contribution is 0.313. The predicted molar refractivity (Wildman–Crippen MR) is 164 cm³/mol. The van der Waals surface area contributed by atoms with Gasteiger partial charge in [-0.25, -0.2) is 16.8 Å². The summed E-state index contributed by atoms with van der Waals surface area (Å²) in [4.78, 5) is 2.62. The van der Waals surface area contributed by atoms with Gasteiger partial charge in [-0.1, -0.05) is 73.0 Å². The SMILES string of the molecule is CCCCN(/C=C/C[C@@]12CCN(S(=O)(=O)c3ccc(C)cc3)[C@@H]1N(C)c1ccccc12)S(=O)(=O)c1ccc(C)cc1. The first-order chi connectivity index (χ1) is 19.5. The molecular weight excluding hydrogens is 555 g/mol. The second-order valence-corrected chi connectivity index (χ2v) is 15.0. The molecule has 7 nitrogen and oxygen atoms in total. The molecule has 0 N–H and O–H groups in total. The number of rotatable bonds is 10. The minimum Gasteiger partial charge on any atom is -0.357 e. The van der Waals surface area contributed by atoms with Crippen LogP contribution in [0.25, 0.3) is 0 Å². The first-order valence-electron chi connectivity index (χ1n) is 14.2. The highest BCUT2D eigenvalue weighted by Gasteiger charge is 2.58. The number of fused-ring (bicyclic) bond motifs is 3. The van der Waals surface area contributed by atoms with Gasteiger partial charge in [-0.15, -0.1) is 0 Å². The molecular formula is C32H39N3O4S2. The van der Waals surface area contributed by atoms with Crippen molar-refractivity contribution in [2.45, 2.75) is 67.8 Å². The molecule has 0 aromatic heterocycles. The third-order valence-corrected chi connectivity index (χ3v) is 12.1. The molecule has 0 saturated carbocycles. The number of benzene rings is 3. The largest absolute Gasteiger partial charge is 0.357 e. The molecule has 1 fully saturated rings. The van der Waals surface area contributed by atoms with Gasteiger partial charge in [0.05, 0.1) is 9.79 Å². The molecule has 2 heterocycles. The molecule has 2 atom stereocenters. The Bertz CT molecular complexity index is 1630. The van der Waals surface area contributed by atoms with Crippen LogP contribution in [0.1, 0.15) is 49.3 Å². The van der Waals surface area contributed by atoms with Crippen LogP contribution in [0.5, 0.6) is 0 Å². The summed E-state index contributed by atoms with van der Waals surface area (Å²) in [7, 11) is -5.53. The minimum absolute atomic E-state index is 0.266. The van der Waals surface area contributed by atoms with Crippen LogP contribution in [0, 0.1) is 13.8 Å². The lowest BCUT2D eigenvalue weighted by atomic mass is 9.76. The van der Waals surface area contributed by atoms with Crippen LogP contribution in [0.2, 0.25) is 0 Å². The Balaban J connectivity index is 1.50. The number of likely N-dealkylation sites (N-methyl/N-ethyl adjacent to an activating group) is 1.